The van der Waals surface area contributed by atoms with Gasteiger partial charge >= 0.3 is 0 Å². The number of aliphatic imine (C=N–C) groups is 1. The summed E-state index contributed by atoms with van der Waals surface area (Å²) in [5, 5.41) is 6.53. The van der Waals surface area contributed by atoms with Crippen LogP contribution in [0, 0.1) is 6.92 Å². The zero-order chi connectivity index (χ0) is 19.9. The number of rotatable bonds is 6. The number of oxazole rings is 1. The van der Waals surface area contributed by atoms with Crippen LogP contribution in [-0.4, -0.2) is 25.1 Å². The molecule has 0 saturated carbocycles. The Morgan fingerprint density at radius 3 is 2.61 bits per heavy atom. The number of benzene rings is 2. The van der Waals surface area contributed by atoms with Crippen molar-refractivity contribution in [2.45, 2.75) is 20.0 Å². The molecule has 1 heterocycles. The molecule has 0 bridgehead atoms. The summed E-state index contributed by atoms with van der Waals surface area (Å²) in [4.78, 5) is 8.79. The molecule has 7 heteroatoms. The number of halogens is 1. The van der Waals surface area contributed by atoms with Crippen molar-refractivity contribution in [2.24, 2.45) is 4.99 Å². The van der Waals surface area contributed by atoms with E-state index in [0.29, 0.717) is 24.9 Å². The largest absolute Gasteiger partial charge is 0.496 e. The monoisotopic (exact) mass is 442 g/mol. The molecule has 0 spiro atoms. The zero-order valence-corrected chi connectivity index (χ0v) is 17.7. The summed E-state index contributed by atoms with van der Waals surface area (Å²) in [6.45, 7) is 3.14. The SMILES string of the molecule is CN=C(NCc1coc(-c2ccc(C)cc2)n1)NCc1cc(Br)ccc1OC. The Bertz CT molecular complexity index is 951. The van der Waals surface area contributed by atoms with Crippen molar-refractivity contribution in [1.29, 1.82) is 0 Å². The minimum atomic E-state index is 0.505. The number of aromatic nitrogens is 1. The molecular formula is C21H23BrN4O2. The molecule has 0 atom stereocenters. The first-order chi connectivity index (χ1) is 13.6. The van der Waals surface area contributed by atoms with Gasteiger partial charge in [-0.05, 0) is 37.3 Å². The van der Waals surface area contributed by atoms with E-state index in [1.54, 1.807) is 20.4 Å². The highest BCUT2D eigenvalue weighted by Crippen LogP contribution is 2.22. The molecule has 28 heavy (non-hydrogen) atoms. The van der Waals surface area contributed by atoms with Gasteiger partial charge in [0.2, 0.25) is 5.89 Å². The summed E-state index contributed by atoms with van der Waals surface area (Å²) in [6.07, 6.45) is 1.66. The molecule has 0 aliphatic heterocycles. The molecule has 0 saturated heterocycles. The number of nitrogens with one attached hydrogen (secondary N) is 2. The van der Waals surface area contributed by atoms with Crippen LogP contribution >= 0.6 is 15.9 Å². The third-order valence-electron chi connectivity index (χ3n) is 4.20. The summed E-state index contributed by atoms with van der Waals surface area (Å²) < 4.78 is 12.0. The van der Waals surface area contributed by atoms with E-state index in [1.165, 1.54) is 5.56 Å². The van der Waals surface area contributed by atoms with E-state index < -0.39 is 0 Å². The molecule has 0 aliphatic rings. The molecule has 146 valence electrons. The maximum Gasteiger partial charge on any atom is 0.226 e. The first kappa shape index (κ1) is 19.9. The van der Waals surface area contributed by atoms with Crippen molar-refractivity contribution in [2.75, 3.05) is 14.2 Å². The molecule has 2 N–H and O–H groups in total. The third kappa shape index (κ3) is 5.13. The van der Waals surface area contributed by atoms with Crippen LogP contribution in [0.25, 0.3) is 11.5 Å². The van der Waals surface area contributed by atoms with E-state index in [2.05, 4.69) is 43.5 Å². The summed E-state index contributed by atoms with van der Waals surface area (Å²) >= 11 is 3.49. The van der Waals surface area contributed by atoms with Crippen molar-refractivity contribution in [3.63, 3.8) is 0 Å². The van der Waals surface area contributed by atoms with Crippen LogP contribution in [0.15, 0.2) is 62.6 Å². The molecule has 6 nitrogen and oxygen atoms in total. The maximum absolute atomic E-state index is 5.60. The predicted molar refractivity (Wildman–Crippen MR) is 114 cm³/mol. The van der Waals surface area contributed by atoms with Gasteiger partial charge in [-0.25, -0.2) is 4.98 Å². The van der Waals surface area contributed by atoms with Crippen LogP contribution < -0.4 is 15.4 Å². The maximum atomic E-state index is 5.60. The van der Waals surface area contributed by atoms with Crippen LogP contribution in [0.4, 0.5) is 0 Å². The first-order valence-corrected chi connectivity index (χ1v) is 9.66. The third-order valence-corrected chi connectivity index (χ3v) is 4.69. The van der Waals surface area contributed by atoms with E-state index in [-0.39, 0.29) is 0 Å². The van der Waals surface area contributed by atoms with Gasteiger partial charge in [0, 0.05) is 29.2 Å². The van der Waals surface area contributed by atoms with Gasteiger partial charge in [0.1, 0.15) is 12.0 Å². The molecular weight excluding hydrogens is 420 g/mol. The van der Waals surface area contributed by atoms with Gasteiger partial charge in [-0.1, -0.05) is 33.6 Å². The average molecular weight is 443 g/mol. The summed E-state index contributed by atoms with van der Waals surface area (Å²) in [7, 11) is 3.39. The molecule has 0 aliphatic carbocycles. The van der Waals surface area contributed by atoms with Crippen molar-refractivity contribution in [3.8, 4) is 17.2 Å². The van der Waals surface area contributed by atoms with E-state index >= 15 is 0 Å². The Morgan fingerprint density at radius 2 is 1.89 bits per heavy atom. The van der Waals surface area contributed by atoms with Crippen LogP contribution in [-0.2, 0) is 13.1 Å². The highest BCUT2D eigenvalue weighted by atomic mass is 79.9. The van der Waals surface area contributed by atoms with Crippen LogP contribution in [0.3, 0.4) is 0 Å². The molecule has 3 rings (SSSR count). The molecule has 3 aromatic rings. The number of methoxy groups -OCH3 is 1. The van der Waals surface area contributed by atoms with Gasteiger partial charge in [-0.3, -0.25) is 4.99 Å². The van der Waals surface area contributed by atoms with E-state index in [0.717, 1.165) is 27.0 Å². The van der Waals surface area contributed by atoms with Gasteiger partial charge in [0.05, 0.1) is 19.3 Å². The van der Waals surface area contributed by atoms with Crippen molar-refractivity contribution >= 4 is 21.9 Å². The van der Waals surface area contributed by atoms with Crippen molar-refractivity contribution in [1.82, 2.24) is 15.6 Å². The molecule has 0 unspecified atom stereocenters. The Morgan fingerprint density at radius 1 is 1.14 bits per heavy atom. The second-order valence-corrected chi connectivity index (χ2v) is 7.16. The van der Waals surface area contributed by atoms with E-state index in [9.17, 15) is 0 Å². The quantitative estimate of drug-likeness (QED) is 0.440. The van der Waals surface area contributed by atoms with Gasteiger partial charge in [-0.15, -0.1) is 0 Å². The van der Waals surface area contributed by atoms with Crippen LogP contribution in [0.1, 0.15) is 16.8 Å². The smallest absolute Gasteiger partial charge is 0.226 e. The lowest BCUT2D eigenvalue weighted by molar-refractivity contribution is 0.409. The number of guanidine groups is 1. The van der Waals surface area contributed by atoms with Crippen LogP contribution in [0.2, 0.25) is 0 Å². The minimum Gasteiger partial charge on any atom is -0.496 e. The fraction of sp³-hybridized carbons (Fsp3) is 0.238. The number of nitrogens with zero attached hydrogens (tertiary/aromatic N) is 2. The summed E-state index contributed by atoms with van der Waals surface area (Å²) in [5.41, 5.74) is 4.00. The van der Waals surface area contributed by atoms with Crippen molar-refractivity contribution in [3.05, 3.63) is 70.0 Å². The van der Waals surface area contributed by atoms with E-state index in [4.69, 9.17) is 9.15 Å². The van der Waals surface area contributed by atoms with Crippen molar-refractivity contribution < 1.29 is 9.15 Å². The predicted octanol–water partition coefficient (Wildman–Crippen LogP) is 4.29. The highest BCUT2D eigenvalue weighted by molar-refractivity contribution is 9.10. The van der Waals surface area contributed by atoms with Gasteiger partial charge in [0.15, 0.2) is 5.96 Å². The van der Waals surface area contributed by atoms with Gasteiger partial charge in [-0.2, -0.15) is 0 Å². The summed E-state index contributed by atoms with van der Waals surface area (Å²) in [5.74, 6) is 2.10. The normalized spacial score (nSPS) is 11.4. The topological polar surface area (TPSA) is 71.7 Å². The number of hydrogen-bond acceptors (Lipinski definition) is 4. The number of ether oxygens (including phenoxy) is 1. The second-order valence-electron chi connectivity index (χ2n) is 6.25. The van der Waals surface area contributed by atoms with Gasteiger partial charge < -0.3 is 19.8 Å². The lowest BCUT2D eigenvalue weighted by Crippen LogP contribution is -2.36. The molecule has 0 radical (unpaired) electrons. The molecule has 0 fully saturated rings. The minimum absolute atomic E-state index is 0.505. The summed E-state index contributed by atoms with van der Waals surface area (Å²) in [6, 6.07) is 14.0. The fourth-order valence-corrected chi connectivity index (χ4v) is 3.08. The Hall–Kier alpha value is -2.80. The van der Waals surface area contributed by atoms with Gasteiger partial charge in [0.25, 0.3) is 0 Å². The Labute approximate surface area is 173 Å². The number of aryl methyl sites for hydroxylation is 1. The average Bonchev–Trinajstić information content (AvgIpc) is 3.18. The molecule has 1 aromatic heterocycles. The second kappa shape index (κ2) is 9.41. The highest BCUT2D eigenvalue weighted by Gasteiger charge is 2.08. The first-order valence-electron chi connectivity index (χ1n) is 8.87. The van der Waals surface area contributed by atoms with E-state index in [1.807, 2.05) is 42.5 Å². The number of hydrogen-bond donors (Lipinski definition) is 2. The zero-order valence-electron chi connectivity index (χ0n) is 16.1. The standard InChI is InChI=1S/C21H23BrN4O2/c1-14-4-6-15(7-5-14)20-26-18(13-28-20)12-25-21(23-2)24-11-16-10-17(22)8-9-19(16)27-3/h4-10,13H,11-12H2,1-3H3,(H2,23,24,25). The lowest BCUT2D eigenvalue weighted by atomic mass is 10.1. The molecule has 2 aromatic carbocycles. The Kier molecular flexibility index (Phi) is 6.71. The molecule has 0 amide bonds. The fourth-order valence-electron chi connectivity index (χ4n) is 2.68. The lowest BCUT2D eigenvalue weighted by Gasteiger charge is -2.13. The van der Waals surface area contributed by atoms with Crippen LogP contribution in [0.5, 0.6) is 5.75 Å². The Balaban J connectivity index is 1.58.